The predicted molar refractivity (Wildman–Crippen MR) is 152 cm³/mol. The largest absolute Gasteiger partial charge is 0.481 e. The van der Waals surface area contributed by atoms with Crippen LogP contribution in [0.25, 0.3) is 0 Å². The Hall–Kier alpha value is -0.610. The molecule has 0 amide bonds. The molecule has 0 aliphatic rings. The van der Waals surface area contributed by atoms with Gasteiger partial charge in [0.1, 0.15) is 12.6 Å². The summed E-state index contributed by atoms with van der Waals surface area (Å²) in [4.78, 5) is 10.5. The molecule has 0 heterocycles. The second-order valence-corrected chi connectivity index (χ2v) is 11.9. The summed E-state index contributed by atoms with van der Waals surface area (Å²) in [6.07, 6.45) is 29.8. The highest BCUT2D eigenvalue weighted by Crippen LogP contribution is 2.15. The van der Waals surface area contributed by atoms with E-state index in [4.69, 9.17) is 5.11 Å². The number of likely N-dealkylation sites (N-methyl/N-ethyl adjacent to an activating group) is 1. The van der Waals surface area contributed by atoms with E-state index in [-0.39, 0.29) is 6.10 Å². The van der Waals surface area contributed by atoms with Crippen LogP contribution < -0.4 is 0 Å². The third kappa shape index (κ3) is 27.8. The molecular weight excluding hydrogens is 434 g/mol. The molecule has 0 aromatic rings. The predicted octanol–water partition coefficient (Wildman–Crippen LogP) is 8.89. The van der Waals surface area contributed by atoms with Crippen molar-refractivity contribution < 1.29 is 19.5 Å². The number of unbranched alkanes of at least 4 members (excludes halogenated alkanes) is 20. The first-order chi connectivity index (χ1) is 16.9. The van der Waals surface area contributed by atoms with E-state index < -0.39 is 5.97 Å². The van der Waals surface area contributed by atoms with Crippen LogP contribution >= 0.6 is 0 Å². The molecule has 4 nitrogen and oxygen atoms in total. The van der Waals surface area contributed by atoms with E-state index in [1.54, 1.807) is 0 Å². The number of quaternary nitrogens is 1. The Balaban J connectivity index is 3.43. The molecule has 0 fully saturated rings. The van der Waals surface area contributed by atoms with Gasteiger partial charge >= 0.3 is 5.97 Å². The number of aliphatic carboxylic acids is 1. The van der Waals surface area contributed by atoms with E-state index in [1.165, 1.54) is 122 Å². The van der Waals surface area contributed by atoms with E-state index in [1.807, 2.05) is 0 Å². The lowest BCUT2D eigenvalue weighted by Gasteiger charge is -2.32. The molecule has 0 saturated heterocycles. The van der Waals surface area contributed by atoms with Crippen molar-refractivity contribution in [3.63, 3.8) is 0 Å². The molecule has 0 saturated carbocycles. The fraction of sp³-hybridized carbons (Fsp3) is 0.968. The van der Waals surface area contributed by atoms with Crippen molar-refractivity contribution in [2.75, 3.05) is 27.2 Å². The van der Waals surface area contributed by atoms with Gasteiger partial charge in [-0.3, -0.25) is 4.79 Å². The minimum atomic E-state index is -0.674. The summed E-state index contributed by atoms with van der Waals surface area (Å²) in [7, 11) is 4.50. The number of rotatable bonds is 28. The summed E-state index contributed by atoms with van der Waals surface area (Å²) < 4.78 is 0.915. The minimum Gasteiger partial charge on any atom is -0.481 e. The number of carboxylic acids is 1. The minimum absolute atomic E-state index is 0.166. The molecule has 0 aromatic carbocycles. The van der Waals surface area contributed by atoms with Gasteiger partial charge in [0.15, 0.2) is 0 Å². The second kappa shape index (κ2) is 25.1. The lowest BCUT2D eigenvalue weighted by Crippen LogP contribution is -2.45. The summed E-state index contributed by atoms with van der Waals surface area (Å²) in [5, 5.41) is 19.1. The zero-order chi connectivity index (χ0) is 26.0. The van der Waals surface area contributed by atoms with Crippen LogP contribution in [0.3, 0.4) is 0 Å². The van der Waals surface area contributed by atoms with Gasteiger partial charge in [-0.1, -0.05) is 129 Å². The summed E-state index contributed by atoms with van der Waals surface area (Å²) in [6.45, 7) is 4.29. The molecule has 0 aromatic heterocycles. The SMILES string of the molecule is CCCCCCCCCCCCCCCCCC(O)C[N+](C)(C)CCCCCCCCCC(=O)O. The van der Waals surface area contributed by atoms with Crippen molar-refractivity contribution >= 4 is 5.97 Å². The number of aliphatic hydroxyl groups is 1. The Morgan fingerprint density at radius 2 is 0.971 bits per heavy atom. The van der Waals surface area contributed by atoms with Crippen molar-refractivity contribution in [1.29, 1.82) is 0 Å². The highest BCUT2D eigenvalue weighted by Gasteiger charge is 2.19. The quantitative estimate of drug-likeness (QED) is 0.0836. The summed E-state index contributed by atoms with van der Waals surface area (Å²) in [6, 6.07) is 0. The topological polar surface area (TPSA) is 57.5 Å². The lowest BCUT2D eigenvalue weighted by atomic mass is 10.0. The molecule has 210 valence electrons. The van der Waals surface area contributed by atoms with Crippen LogP contribution in [0, 0.1) is 0 Å². The van der Waals surface area contributed by atoms with E-state index in [0.29, 0.717) is 6.42 Å². The van der Waals surface area contributed by atoms with E-state index in [2.05, 4.69) is 21.0 Å². The second-order valence-electron chi connectivity index (χ2n) is 11.9. The molecule has 0 aliphatic heterocycles. The van der Waals surface area contributed by atoms with Crippen LogP contribution in [0.2, 0.25) is 0 Å². The number of aliphatic hydroxyl groups excluding tert-OH is 1. The third-order valence-electron chi connectivity index (χ3n) is 7.50. The molecular formula is C31H64NO3+. The van der Waals surface area contributed by atoms with Gasteiger partial charge in [0.05, 0.1) is 20.6 Å². The molecule has 0 spiro atoms. The first-order valence-corrected chi connectivity index (χ1v) is 15.6. The molecule has 0 radical (unpaired) electrons. The molecule has 1 unspecified atom stereocenters. The van der Waals surface area contributed by atoms with Crippen LogP contribution in [0.15, 0.2) is 0 Å². The zero-order valence-corrected chi connectivity index (χ0v) is 24.2. The lowest BCUT2D eigenvalue weighted by molar-refractivity contribution is -0.893. The van der Waals surface area contributed by atoms with E-state index in [0.717, 1.165) is 43.3 Å². The number of hydrogen-bond donors (Lipinski definition) is 2. The third-order valence-corrected chi connectivity index (χ3v) is 7.50. The molecule has 2 N–H and O–H groups in total. The fourth-order valence-corrected chi connectivity index (χ4v) is 5.20. The van der Waals surface area contributed by atoms with Crippen molar-refractivity contribution in [2.24, 2.45) is 0 Å². The van der Waals surface area contributed by atoms with Crippen molar-refractivity contribution in [3.8, 4) is 0 Å². The van der Waals surface area contributed by atoms with Gasteiger partial charge in [0, 0.05) is 6.42 Å². The Kier molecular flexibility index (Phi) is 24.6. The van der Waals surface area contributed by atoms with E-state index in [9.17, 15) is 9.90 Å². The van der Waals surface area contributed by atoms with Crippen LogP contribution in [0.5, 0.6) is 0 Å². The van der Waals surface area contributed by atoms with Crippen LogP contribution in [0.1, 0.15) is 161 Å². The van der Waals surface area contributed by atoms with Gasteiger partial charge in [-0.05, 0) is 25.7 Å². The maximum Gasteiger partial charge on any atom is 0.303 e. The average Bonchev–Trinajstić information content (AvgIpc) is 2.80. The number of carbonyl (C=O) groups is 1. The van der Waals surface area contributed by atoms with Gasteiger partial charge in [-0.2, -0.15) is 0 Å². The Bertz CT molecular complexity index is 453. The molecule has 0 aliphatic carbocycles. The highest BCUT2D eigenvalue weighted by atomic mass is 16.4. The fourth-order valence-electron chi connectivity index (χ4n) is 5.20. The number of hydrogen-bond acceptors (Lipinski definition) is 2. The molecule has 4 heteroatoms. The summed E-state index contributed by atoms with van der Waals surface area (Å²) in [5.41, 5.74) is 0. The normalized spacial score (nSPS) is 12.8. The van der Waals surface area contributed by atoms with Gasteiger partial charge < -0.3 is 14.7 Å². The van der Waals surface area contributed by atoms with Gasteiger partial charge in [-0.15, -0.1) is 0 Å². The van der Waals surface area contributed by atoms with Crippen molar-refractivity contribution in [2.45, 2.75) is 167 Å². The van der Waals surface area contributed by atoms with Gasteiger partial charge in [-0.25, -0.2) is 0 Å². The van der Waals surface area contributed by atoms with E-state index >= 15 is 0 Å². The molecule has 0 rings (SSSR count). The summed E-state index contributed by atoms with van der Waals surface area (Å²) in [5.74, 6) is -0.674. The molecule has 1 atom stereocenters. The van der Waals surface area contributed by atoms with Gasteiger partial charge in [0.25, 0.3) is 0 Å². The van der Waals surface area contributed by atoms with Crippen LogP contribution in [-0.4, -0.2) is 54.0 Å². The maximum atomic E-state index is 10.5. The van der Waals surface area contributed by atoms with Crippen molar-refractivity contribution in [1.82, 2.24) is 0 Å². The van der Waals surface area contributed by atoms with Crippen LogP contribution in [0.4, 0.5) is 0 Å². The smallest absolute Gasteiger partial charge is 0.303 e. The summed E-state index contributed by atoms with van der Waals surface area (Å²) >= 11 is 0. The van der Waals surface area contributed by atoms with Crippen LogP contribution in [-0.2, 0) is 4.79 Å². The van der Waals surface area contributed by atoms with Gasteiger partial charge in [0.2, 0.25) is 0 Å². The molecule has 35 heavy (non-hydrogen) atoms. The number of carboxylic acid groups (broad SMARTS) is 1. The maximum absolute atomic E-state index is 10.5. The average molecular weight is 499 g/mol. The Labute approximate surface area is 219 Å². The molecule has 0 bridgehead atoms. The van der Waals surface area contributed by atoms with Crippen molar-refractivity contribution in [3.05, 3.63) is 0 Å². The standard InChI is InChI=1S/C31H63NO3/c1-4-5-6-7-8-9-10-11-12-13-14-15-17-20-23-26-30(33)29-32(2,3)28-25-22-19-16-18-21-24-27-31(34)35/h30,33H,4-29H2,1-3H3/p+1. The highest BCUT2D eigenvalue weighted by molar-refractivity contribution is 5.66. The number of nitrogens with zero attached hydrogens (tertiary/aromatic N) is 1. The Morgan fingerprint density at radius 3 is 1.40 bits per heavy atom. The first-order valence-electron chi connectivity index (χ1n) is 15.6. The Morgan fingerprint density at radius 1 is 0.600 bits per heavy atom. The zero-order valence-electron chi connectivity index (χ0n) is 24.2. The first kappa shape index (κ1) is 34.4. The monoisotopic (exact) mass is 498 g/mol.